The quantitative estimate of drug-likeness (QED) is 0.557. The average molecular weight is 383 g/mol. The number of anilines is 1. The van der Waals surface area contributed by atoms with Crippen LogP contribution < -0.4 is 19.7 Å². The number of ether oxygens (including phenoxy) is 2. The summed E-state index contributed by atoms with van der Waals surface area (Å²) in [4.78, 5) is 2.09. The summed E-state index contributed by atoms with van der Waals surface area (Å²) >= 11 is 5.66. The first-order valence-electron chi connectivity index (χ1n) is 9.44. The Morgan fingerprint density at radius 1 is 1.11 bits per heavy atom. The number of thiocarbonyl (C=S) groups is 1. The molecule has 0 aromatic heterocycles. The molecule has 0 bridgehead atoms. The highest BCUT2D eigenvalue weighted by atomic mass is 32.1. The molecule has 0 saturated carbocycles. The van der Waals surface area contributed by atoms with Crippen LogP contribution in [0.1, 0.15) is 25.3 Å². The van der Waals surface area contributed by atoms with Crippen LogP contribution >= 0.6 is 12.2 Å². The SMILES string of the molecule is CCCCNC(=S)N(C/C=C/c1ccccc1)c1ccc2c(c1)OCCO2. The van der Waals surface area contributed by atoms with E-state index < -0.39 is 0 Å². The third-order valence-corrected chi connectivity index (χ3v) is 4.65. The number of fused-ring (bicyclic) bond motifs is 1. The van der Waals surface area contributed by atoms with Crippen molar-refractivity contribution in [2.24, 2.45) is 0 Å². The Morgan fingerprint density at radius 3 is 2.67 bits per heavy atom. The Morgan fingerprint density at radius 2 is 1.89 bits per heavy atom. The fourth-order valence-electron chi connectivity index (χ4n) is 2.83. The van der Waals surface area contributed by atoms with E-state index in [2.05, 4.69) is 41.4 Å². The van der Waals surface area contributed by atoms with Crippen molar-refractivity contribution in [1.82, 2.24) is 5.32 Å². The number of nitrogens with one attached hydrogen (secondary N) is 1. The zero-order valence-electron chi connectivity index (χ0n) is 15.7. The van der Waals surface area contributed by atoms with E-state index >= 15 is 0 Å². The molecule has 0 aliphatic carbocycles. The van der Waals surface area contributed by atoms with Gasteiger partial charge < -0.3 is 19.7 Å². The predicted octanol–water partition coefficient (Wildman–Crippen LogP) is 4.65. The number of rotatable bonds is 7. The second kappa shape index (κ2) is 9.97. The monoisotopic (exact) mass is 382 g/mol. The molecule has 0 radical (unpaired) electrons. The van der Waals surface area contributed by atoms with Crippen LogP contribution in [0.25, 0.3) is 6.08 Å². The van der Waals surface area contributed by atoms with Crippen LogP contribution in [0.3, 0.4) is 0 Å². The van der Waals surface area contributed by atoms with E-state index in [-0.39, 0.29) is 0 Å². The molecular formula is C22H26N2O2S. The first-order chi connectivity index (χ1) is 13.3. The van der Waals surface area contributed by atoms with E-state index in [0.717, 1.165) is 41.7 Å². The van der Waals surface area contributed by atoms with Gasteiger partial charge in [0.05, 0.1) is 0 Å². The maximum Gasteiger partial charge on any atom is 0.173 e. The van der Waals surface area contributed by atoms with Gasteiger partial charge in [0.2, 0.25) is 0 Å². The molecule has 0 amide bonds. The van der Waals surface area contributed by atoms with Gasteiger partial charge in [-0.25, -0.2) is 0 Å². The molecule has 1 aliphatic heterocycles. The second-order valence-electron chi connectivity index (χ2n) is 6.34. The van der Waals surface area contributed by atoms with Crippen LogP contribution in [-0.4, -0.2) is 31.4 Å². The molecule has 0 fully saturated rings. The topological polar surface area (TPSA) is 33.7 Å². The second-order valence-corrected chi connectivity index (χ2v) is 6.72. The summed E-state index contributed by atoms with van der Waals surface area (Å²) in [6.45, 7) is 4.88. The van der Waals surface area contributed by atoms with Crippen LogP contribution in [0.15, 0.2) is 54.6 Å². The highest BCUT2D eigenvalue weighted by Crippen LogP contribution is 2.34. The third-order valence-electron chi connectivity index (χ3n) is 4.29. The fraction of sp³-hybridized carbons (Fsp3) is 0.318. The highest BCUT2D eigenvalue weighted by molar-refractivity contribution is 7.80. The highest BCUT2D eigenvalue weighted by Gasteiger charge is 2.16. The largest absolute Gasteiger partial charge is 0.486 e. The first kappa shape index (κ1) is 19.2. The minimum absolute atomic E-state index is 0.573. The fourth-order valence-corrected chi connectivity index (χ4v) is 3.11. The molecule has 0 saturated heterocycles. The molecule has 1 heterocycles. The van der Waals surface area contributed by atoms with Gasteiger partial charge in [-0.05, 0) is 36.3 Å². The molecular weight excluding hydrogens is 356 g/mol. The molecule has 1 N–H and O–H groups in total. The molecule has 4 nitrogen and oxygen atoms in total. The molecule has 27 heavy (non-hydrogen) atoms. The molecule has 5 heteroatoms. The molecule has 1 aliphatic rings. The van der Waals surface area contributed by atoms with Gasteiger partial charge in [-0.2, -0.15) is 0 Å². The first-order valence-corrected chi connectivity index (χ1v) is 9.85. The molecule has 0 atom stereocenters. The van der Waals surface area contributed by atoms with Gasteiger partial charge in [0.15, 0.2) is 16.6 Å². The van der Waals surface area contributed by atoms with Crippen LogP contribution in [0.5, 0.6) is 11.5 Å². The van der Waals surface area contributed by atoms with Crippen molar-refractivity contribution in [2.45, 2.75) is 19.8 Å². The van der Waals surface area contributed by atoms with Crippen LogP contribution in [0, 0.1) is 0 Å². The van der Waals surface area contributed by atoms with Crippen molar-refractivity contribution in [3.63, 3.8) is 0 Å². The minimum Gasteiger partial charge on any atom is -0.486 e. The summed E-state index contributed by atoms with van der Waals surface area (Å²) in [5.74, 6) is 1.56. The summed E-state index contributed by atoms with van der Waals surface area (Å²) in [5, 5.41) is 4.08. The maximum atomic E-state index is 5.73. The molecule has 2 aromatic carbocycles. The van der Waals surface area contributed by atoms with Gasteiger partial charge in [-0.3, -0.25) is 0 Å². The van der Waals surface area contributed by atoms with E-state index in [9.17, 15) is 0 Å². The van der Waals surface area contributed by atoms with Crippen LogP contribution in [0.4, 0.5) is 5.69 Å². The lowest BCUT2D eigenvalue weighted by atomic mass is 10.2. The van der Waals surface area contributed by atoms with Crippen molar-refractivity contribution in [1.29, 1.82) is 0 Å². The third kappa shape index (κ3) is 5.47. The lowest BCUT2D eigenvalue weighted by Crippen LogP contribution is -2.40. The smallest absolute Gasteiger partial charge is 0.173 e. The van der Waals surface area contributed by atoms with Gasteiger partial charge in [-0.1, -0.05) is 55.8 Å². The predicted molar refractivity (Wildman–Crippen MR) is 116 cm³/mol. The van der Waals surface area contributed by atoms with E-state index in [0.29, 0.717) is 19.8 Å². The maximum absolute atomic E-state index is 5.73. The summed E-state index contributed by atoms with van der Waals surface area (Å²) in [6, 6.07) is 16.2. The normalized spacial score (nSPS) is 12.8. The number of unbranched alkanes of at least 4 members (excludes halogenated alkanes) is 1. The lowest BCUT2D eigenvalue weighted by Gasteiger charge is -2.27. The summed E-state index contributed by atoms with van der Waals surface area (Å²) in [5.41, 5.74) is 2.16. The number of hydrogen-bond donors (Lipinski definition) is 1. The summed E-state index contributed by atoms with van der Waals surface area (Å²) in [7, 11) is 0. The van der Waals surface area contributed by atoms with Gasteiger partial charge in [0, 0.05) is 24.8 Å². The number of benzene rings is 2. The minimum atomic E-state index is 0.573. The van der Waals surface area contributed by atoms with Gasteiger partial charge in [-0.15, -0.1) is 0 Å². The van der Waals surface area contributed by atoms with Crippen molar-refractivity contribution in [3.05, 3.63) is 60.2 Å². The van der Waals surface area contributed by atoms with Crippen molar-refractivity contribution in [2.75, 3.05) is 31.2 Å². The Balaban J connectivity index is 1.76. The Bertz CT molecular complexity index is 777. The van der Waals surface area contributed by atoms with E-state index in [4.69, 9.17) is 21.7 Å². The average Bonchev–Trinajstić information content (AvgIpc) is 2.72. The van der Waals surface area contributed by atoms with Crippen LogP contribution in [0.2, 0.25) is 0 Å². The van der Waals surface area contributed by atoms with Gasteiger partial charge in [0.1, 0.15) is 13.2 Å². The van der Waals surface area contributed by atoms with E-state index in [1.54, 1.807) is 0 Å². The summed E-state index contributed by atoms with van der Waals surface area (Å²) < 4.78 is 11.4. The zero-order chi connectivity index (χ0) is 18.9. The van der Waals surface area contributed by atoms with E-state index in [1.165, 1.54) is 5.56 Å². The summed E-state index contributed by atoms with van der Waals surface area (Å²) in [6.07, 6.45) is 6.46. The van der Waals surface area contributed by atoms with Crippen LogP contribution in [-0.2, 0) is 0 Å². The van der Waals surface area contributed by atoms with Crippen molar-refractivity contribution >= 4 is 29.1 Å². The Labute approximate surface area is 166 Å². The molecule has 2 aromatic rings. The Kier molecular flexibility index (Phi) is 7.11. The van der Waals surface area contributed by atoms with Crippen molar-refractivity contribution in [3.8, 4) is 11.5 Å². The van der Waals surface area contributed by atoms with E-state index in [1.807, 2.05) is 36.4 Å². The number of nitrogens with zero attached hydrogens (tertiary/aromatic N) is 1. The van der Waals surface area contributed by atoms with Gasteiger partial charge >= 0.3 is 0 Å². The molecule has 0 spiro atoms. The number of hydrogen-bond acceptors (Lipinski definition) is 3. The zero-order valence-corrected chi connectivity index (χ0v) is 16.5. The molecule has 0 unspecified atom stereocenters. The molecule has 142 valence electrons. The molecule has 3 rings (SSSR count). The van der Waals surface area contributed by atoms with Gasteiger partial charge in [0.25, 0.3) is 0 Å². The van der Waals surface area contributed by atoms with Crippen molar-refractivity contribution < 1.29 is 9.47 Å². The lowest BCUT2D eigenvalue weighted by molar-refractivity contribution is 0.171. The Hall–Kier alpha value is -2.53. The standard InChI is InChI=1S/C22H26N2O2S/c1-2-3-13-23-22(27)24(14-7-10-18-8-5-4-6-9-18)19-11-12-20-21(17-19)26-16-15-25-20/h4-12,17H,2-3,13-16H2,1H3,(H,23,27)/b10-7+.